The lowest BCUT2D eigenvalue weighted by Gasteiger charge is -2.08. The Labute approximate surface area is 176 Å². The van der Waals surface area contributed by atoms with Crippen molar-refractivity contribution in [2.45, 2.75) is 24.7 Å². The minimum Gasteiger partial charge on any atom is -0.492 e. The molecule has 1 heterocycles. The fourth-order valence-electron chi connectivity index (χ4n) is 2.51. The number of aromatic nitrogens is 1. The van der Waals surface area contributed by atoms with Gasteiger partial charge in [0.05, 0.1) is 26.2 Å². The van der Waals surface area contributed by atoms with E-state index in [2.05, 4.69) is 26.2 Å². The van der Waals surface area contributed by atoms with Gasteiger partial charge in [0.15, 0.2) is 15.0 Å². The summed E-state index contributed by atoms with van der Waals surface area (Å²) in [4.78, 5) is 16.7. The summed E-state index contributed by atoms with van der Waals surface area (Å²) < 4.78 is 30.6. The van der Waals surface area contributed by atoms with Crippen molar-refractivity contribution in [3.8, 4) is 5.75 Å². The number of anilines is 1. The maximum absolute atomic E-state index is 12.1. The molecule has 0 aliphatic heterocycles. The Balaban J connectivity index is 1.53. The highest BCUT2D eigenvalue weighted by Gasteiger charge is 2.12. The molecule has 3 rings (SSSR count). The predicted octanol–water partition coefficient (Wildman–Crippen LogP) is 4.57. The van der Waals surface area contributed by atoms with E-state index in [1.807, 2.05) is 25.1 Å². The van der Waals surface area contributed by atoms with Gasteiger partial charge in [0.1, 0.15) is 5.75 Å². The molecule has 0 unspecified atom stereocenters. The van der Waals surface area contributed by atoms with E-state index in [4.69, 9.17) is 4.74 Å². The molecule has 0 fully saturated rings. The molecule has 0 atom stereocenters. The van der Waals surface area contributed by atoms with Crippen molar-refractivity contribution >= 4 is 58.4 Å². The summed E-state index contributed by atoms with van der Waals surface area (Å²) in [5.41, 5.74) is 1.79. The van der Waals surface area contributed by atoms with Gasteiger partial charge in [-0.15, -0.1) is 0 Å². The van der Waals surface area contributed by atoms with E-state index in [0.29, 0.717) is 34.8 Å². The van der Waals surface area contributed by atoms with Crippen LogP contribution in [0.4, 0.5) is 5.13 Å². The maximum atomic E-state index is 12.1. The summed E-state index contributed by atoms with van der Waals surface area (Å²) >= 11 is 4.71. The van der Waals surface area contributed by atoms with E-state index < -0.39 is 9.84 Å². The standard InChI is InChI=1S/C19H19BrN2O4S2/c1-12-5-8-16(14(20)10-12)26-9-3-4-18(23)22-19-21-15-7-6-13(28(2,24)25)11-17(15)27-19/h5-8,10-11H,3-4,9H2,1-2H3,(H,21,22,23). The van der Waals surface area contributed by atoms with Crippen molar-refractivity contribution in [2.75, 3.05) is 18.2 Å². The van der Waals surface area contributed by atoms with Gasteiger partial charge in [-0.2, -0.15) is 0 Å². The number of hydrogen-bond acceptors (Lipinski definition) is 6. The number of nitrogens with zero attached hydrogens (tertiary/aromatic N) is 1. The Bertz CT molecular complexity index is 1130. The van der Waals surface area contributed by atoms with Gasteiger partial charge in [-0.05, 0) is 65.2 Å². The van der Waals surface area contributed by atoms with Crippen molar-refractivity contribution in [3.63, 3.8) is 0 Å². The summed E-state index contributed by atoms with van der Waals surface area (Å²) in [6.07, 6.45) is 2.03. The maximum Gasteiger partial charge on any atom is 0.226 e. The van der Waals surface area contributed by atoms with Gasteiger partial charge < -0.3 is 10.1 Å². The molecule has 2 aromatic carbocycles. The second-order valence-corrected chi connectivity index (χ2v) is 10.3. The molecule has 0 aliphatic carbocycles. The van der Waals surface area contributed by atoms with Crippen LogP contribution in [-0.4, -0.2) is 32.2 Å². The topological polar surface area (TPSA) is 85.4 Å². The highest BCUT2D eigenvalue weighted by molar-refractivity contribution is 9.10. The number of nitrogens with one attached hydrogen (secondary N) is 1. The van der Waals surface area contributed by atoms with E-state index in [1.54, 1.807) is 12.1 Å². The number of benzene rings is 2. The number of aryl methyl sites for hydroxylation is 1. The van der Waals surface area contributed by atoms with Crippen LogP contribution < -0.4 is 10.1 Å². The fourth-order valence-corrected chi connectivity index (χ4v) is 4.76. The SMILES string of the molecule is Cc1ccc(OCCCC(=O)Nc2nc3ccc(S(C)(=O)=O)cc3s2)c(Br)c1. The van der Waals surface area contributed by atoms with Crippen molar-refractivity contribution < 1.29 is 17.9 Å². The van der Waals surface area contributed by atoms with Gasteiger partial charge >= 0.3 is 0 Å². The molecule has 6 nitrogen and oxygen atoms in total. The van der Waals surface area contributed by atoms with Crippen molar-refractivity contribution in [1.82, 2.24) is 4.98 Å². The lowest BCUT2D eigenvalue weighted by Crippen LogP contribution is -2.12. The molecule has 1 N–H and O–H groups in total. The summed E-state index contributed by atoms with van der Waals surface area (Å²) in [7, 11) is -3.28. The van der Waals surface area contributed by atoms with Gasteiger partial charge in [0.2, 0.25) is 5.91 Å². The van der Waals surface area contributed by atoms with Crippen LogP contribution in [0.5, 0.6) is 5.75 Å². The Morgan fingerprint density at radius 3 is 2.75 bits per heavy atom. The number of thiazole rings is 1. The number of sulfone groups is 1. The number of hydrogen-bond donors (Lipinski definition) is 1. The Hall–Kier alpha value is -1.97. The molecule has 0 aliphatic rings. The zero-order valence-electron chi connectivity index (χ0n) is 15.4. The molecule has 1 aromatic heterocycles. The normalized spacial score (nSPS) is 11.5. The van der Waals surface area contributed by atoms with Gasteiger partial charge in [-0.1, -0.05) is 17.4 Å². The third-order valence-corrected chi connectivity index (χ3v) is 6.59. The third kappa shape index (κ3) is 5.30. The summed E-state index contributed by atoms with van der Waals surface area (Å²) in [6, 6.07) is 10.6. The number of carbonyl (C=O) groups is 1. The fraction of sp³-hybridized carbons (Fsp3) is 0.263. The second kappa shape index (κ2) is 8.59. The zero-order valence-corrected chi connectivity index (χ0v) is 18.6. The molecule has 3 aromatic rings. The quantitative estimate of drug-likeness (QED) is 0.498. The molecule has 0 bridgehead atoms. The smallest absolute Gasteiger partial charge is 0.226 e. The van der Waals surface area contributed by atoms with E-state index in [1.165, 1.54) is 17.4 Å². The third-order valence-electron chi connectivity index (χ3n) is 3.93. The average Bonchev–Trinajstić information content (AvgIpc) is 3.00. The number of amides is 1. The Morgan fingerprint density at radius 2 is 2.04 bits per heavy atom. The number of ether oxygens (including phenoxy) is 1. The summed E-state index contributed by atoms with van der Waals surface area (Å²) in [5, 5.41) is 3.21. The molecular weight excluding hydrogens is 464 g/mol. The molecule has 0 spiro atoms. The van der Waals surface area contributed by atoms with Crippen molar-refractivity contribution in [2.24, 2.45) is 0 Å². The largest absolute Gasteiger partial charge is 0.492 e. The molecular formula is C19H19BrN2O4S2. The first kappa shape index (κ1) is 20.8. The zero-order chi connectivity index (χ0) is 20.3. The molecule has 148 valence electrons. The number of rotatable bonds is 7. The molecule has 0 saturated carbocycles. The van der Waals surface area contributed by atoms with Crippen molar-refractivity contribution in [3.05, 3.63) is 46.4 Å². The van der Waals surface area contributed by atoms with E-state index >= 15 is 0 Å². The van der Waals surface area contributed by atoms with E-state index in [9.17, 15) is 13.2 Å². The van der Waals surface area contributed by atoms with E-state index in [-0.39, 0.29) is 10.8 Å². The first-order chi connectivity index (χ1) is 13.2. The predicted molar refractivity (Wildman–Crippen MR) is 115 cm³/mol. The van der Waals surface area contributed by atoms with Crippen LogP contribution in [0.3, 0.4) is 0 Å². The first-order valence-electron chi connectivity index (χ1n) is 8.52. The number of fused-ring (bicyclic) bond motifs is 1. The summed E-state index contributed by atoms with van der Waals surface area (Å²) in [6.45, 7) is 2.43. The van der Waals surface area contributed by atoms with Crippen LogP contribution >= 0.6 is 27.3 Å². The Morgan fingerprint density at radius 1 is 1.25 bits per heavy atom. The number of halogens is 1. The summed E-state index contributed by atoms with van der Waals surface area (Å²) in [5.74, 6) is 0.591. The average molecular weight is 483 g/mol. The Kier molecular flexibility index (Phi) is 6.36. The van der Waals surface area contributed by atoms with E-state index in [0.717, 1.165) is 22.0 Å². The minimum absolute atomic E-state index is 0.158. The molecule has 0 saturated heterocycles. The van der Waals surface area contributed by atoms with Crippen LogP contribution in [-0.2, 0) is 14.6 Å². The minimum atomic E-state index is -3.28. The van der Waals surface area contributed by atoms with Crippen LogP contribution in [0, 0.1) is 6.92 Å². The van der Waals surface area contributed by atoms with Gasteiger partial charge in [0, 0.05) is 12.7 Å². The molecule has 1 amide bonds. The monoisotopic (exact) mass is 482 g/mol. The van der Waals surface area contributed by atoms with Crippen LogP contribution in [0.25, 0.3) is 10.2 Å². The molecule has 9 heteroatoms. The van der Waals surface area contributed by atoms with Gasteiger partial charge in [0.25, 0.3) is 0 Å². The van der Waals surface area contributed by atoms with Gasteiger partial charge in [-0.25, -0.2) is 13.4 Å². The van der Waals surface area contributed by atoms with Crippen LogP contribution in [0.15, 0.2) is 45.8 Å². The molecule has 0 radical (unpaired) electrons. The highest BCUT2D eigenvalue weighted by atomic mass is 79.9. The lowest BCUT2D eigenvalue weighted by atomic mass is 10.2. The van der Waals surface area contributed by atoms with Crippen LogP contribution in [0.2, 0.25) is 0 Å². The number of carbonyl (C=O) groups excluding carboxylic acids is 1. The highest BCUT2D eigenvalue weighted by Crippen LogP contribution is 2.28. The van der Waals surface area contributed by atoms with Crippen molar-refractivity contribution in [1.29, 1.82) is 0 Å². The van der Waals surface area contributed by atoms with Gasteiger partial charge in [-0.3, -0.25) is 4.79 Å². The van der Waals surface area contributed by atoms with Crippen LogP contribution in [0.1, 0.15) is 18.4 Å². The first-order valence-corrected chi connectivity index (χ1v) is 12.0. The second-order valence-electron chi connectivity index (χ2n) is 6.35. The lowest BCUT2D eigenvalue weighted by molar-refractivity contribution is -0.116. The molecule has 28 heavy (non-hydrogen) atoms.